The van der Waals surface area contributed by atoms with Crippen LogP contribution in [0.15, 0.2) is 0 Å². The Morgan fingerprint density at radius 3 is 2.77 bits per heavy atom. The van der Waals surface area contributed by atoms with E-state index in [0.29, 0.717) is 25.3 Å². The van der Waals surface area contributed by atoms with Crippen LogP contribution in [0.4, 0.5) is 0 Å². The largest absolute Gasteiger partial charge is 0.352 e. The van der Waals surface area contributed by atoms with Gasteiger partial charge in [0.15, 0.2) is 0 Å². The lowest BCUT2D eigenvalue weighted by atomic mass is 10.0. The number of rotatable bonds is 6. The molecule has 2 aliphatic rings. The number of likely N-dealkylation sites (tertiary alicyclic amines) is 1. The molecule has 2 fully saturated rings. The van der Waals surface area contributed by atoms with Crippen LogP contribution in [0, 0.1) is 5.92 Å². The van der Waals surface area contributed by atoms with E-state index < -0.39 is 0 Å². The van der Waals surface area contributed by atoms with Crippen LogP contribution in [0.5, 0.6) is 0 Å². The standard InChI is InChI=1S/C16H29N3O2.ClH/c1-2-4-15(20)18-14-5-3-10-19(12-14)16(21)7-6-13-8-9-17-11-13;/h13-14,17H,2-12H2,1H3,(H,18,20);1H. The highest BCUT2D eigenvalue weighted by Gasteiger charge is 2.25. The molecule has 0 radical (unpaired) electrons. The molecule has 0 aromatic carbocycles. The van der Waals surface area contributed by atoms with Gasteiger partial charge >= 0.3 is 0 Å². The first kappa shape index (κ1) is 19.2. The summed E-state index contributed by atoms with van der Waals surface area (Å²) in [6, 6.07) is 0.148. The van der Waals surface area contributed by atoms with Crippen molar-refractivity contribution in [3.05, 3.63) is 0 Å². The molecule has 2 aliphatic heterocycles. The summed E-state index contributed by atoms with van der Waals surface area (Å²) in [5.74, 6) is 1.05. The van der Waals surface area contributed by atoms with E-state index in [0.717, 1.165) is 45.3 Å². The number of carbonyl (C=O) groups excluding carboxylic acids is 2. The van der Waals surface area contributed by atoms with Gasteiger partial charge in [-0.05, 0) is 51.1 Å². The summed E-state index contributed by atoms with van der Waals surface area (Å²) < 4.78 is 0. The Hall–Kier alpha value is -0.810. The van der Waals surface area contributed by atoms with Gasteiger partial charge in [0.1, 0.15) is 0 Å². The molecule has 2 rings (SSSR count). The highest BCUT2D eigenvalue weighted by molar-refractivity contribution is 5.85. The minimum atomic E-state index is 0. The van der Waals surface area contributed by atoms with Gasteiger partial charge in [-0.2, -0.15) is 0 Å². The summed E-state index contributed by atoms with van der Waals surface area (Å²) in [6.07, 6.45) is 6.29. The third kappa shape index (κ3) is 6.13. The Labute approximate surface area is 140 Å². The minimum absolute atomic E-state index is 0. The normalized spacial score (nSPS) is 24.7. The maximum absolute atomic E-state index is 12.3. The van der Waals surface area contributed by atoms with E-state index in [1.807, 2.05) is 11.8 Å². The SMILES string of the molecule is CCCC(=O)NC1CCCN(C(=O)CCC2CCNC2)C1.Cl. The van der Waals surface area contributed by atoms with Crippen LogP contribution in [0.3, 0.4) is 0 Å². The van der Waals surface area contributed by atoms with Crippen LogP contribution in [0.1, 0.15) is 51.9 Å². The molecule has 22 heavy (non-hydrogen) atoms. The Morgan fingerprint density at radius 2 is 2.09 bits per heavy atom. The van der Waals surface area contributed by atoms with Gasteiger partial charge < -0.3 is 15.5 Å². The molecule has 0 aromatic heterocycles. The van der Waals surface area contributed by atoms with Gasteiger partial charge in [0, 0.05) is 32.0 Å². The molecule has 2 saturated heterocycles. The highest BCUT2D eigenvalue weighted by atomic mass is 35.5. The van der Waals surface area contributed by atoms with Crippen LogP contribution in [-0.2, 0) is 9.59 Å². The molecule has 2 unspecified atom stereocenters. The van der Waals surface area contributed by atoms with Crippen molar-refractivity contribution in [1.82, 2.24) is 15.5 Å². The van der Waals surface area contributed by atoms with Crippen LogP contribution in [0.25, 0.3) is 0 Å². The van der Waals surface area contributed by atoms with Gasteiger partial charge in [-0.1, -0.05) is 6.92 Å². The molecule has 0 bridgehead atoms. The molecule has 0 saturated carbocycles. The lowest BCUT2D eigenvalue weighted by Crippen LogP contribution is -2.49. The zero-order valence-corrected chi connectivity index (χ0v) is 14.4. The number of nitrogens with one attached hydrogen (secondary N) is 2. The summed E-state index contributed by atoms with van der Waals surface area (Å²) >= 11 is 0. The molecule has 6 heteroatoms. The van der Waals surface area contributed by atoms with Crippen LogP contribution < -0.4 is 10.6 Å². The van der Waals surface area contributed by atoms with Crippen molar-refractivity contribution in [1.29, 1.82) is 0 Å². The third-order valence-corrected chi connectivity index (χ3v) is 4.55. The number of hydrogen-bond donors (Lipinski definition) is 2. The Morgan fingerprint density at radius 1 is 1.27 bits per heavy atom. The van der Waals surface area contributed by atoms with Gasteiger partial charge in [0.2, 0.25) is 11.8 Å². The van der Waals surface area contributed by atoms with Crippen molar-refractivity contribution in [2.45, 2.75) is 57.9 Å². The second-order valence-electron chi connectivity index (χ2n) is 6.39. The van der Waals surface area contributed by atoms with Crippen LogP contribution in [0.2, 0.25) is 0 Å². The van der Waals surface area contributed by atoms with Crippen molar-refractivity contribution in [2.24, 2.45) is 5.92 Å². The molecular weight excluding hydrogens is 302 g/mol. The van der Waals surface area contributed by atoms with Crippen molar-refractivity contribution in [3.8, 4) is 0 Å². The average molecular weight is 332 g/mol. The van der Waals surface area contributed by atoms with Gasteiger partial charge in [0.25, 0.3) is 0 Å². The molecular formula is C16H30ClN3O2. The van der Waals surface area contributed by atoms with E-state index in [1.54, 1.807) is 0 Å². The molecule has 0 spiro atoms. The van der Waals surface area contributed by atoms with Crippen LogP contribution in [-0.4, -0.2) is 48.9 Å². The fraction of sp³-hybridized carbons (Fsp3) is 0.875. The molecule has 2 heterocycles. The first-order chi connectivity index (χ1) is 10.2. The van der Waals surface area contributed by atoms with Gasteiger partial charge in [-0.15, -0.1) is 12.4 Å². The average Bonchev–Trinajstić information content (AvgIpc) is 2.98. The number of carbonyl (C=O) groups is 2. The second kappa shape index (κ2) is 10.1. The van der Waals surface area contributed by atoms with E-state index in [9.17, 15) is 9.59 Å². The van der Waals surface area contributed by atoms with Gasteiger partial charge in [-0.3, -0.25) is 9.59 Å². The molecule has 5 nitrogen and oxygen atoms in total. The molecule has 2 amide bonds. The summed E-state index contributed by atoms with van der Waals surface area (Å²) in [6.45, 7) is 5.70. The number of hydrogen-bond acceptors (Lipinski definition) is 3. The predicted octanol–water partition coefficient (Wildman–Crippen LogP) is 1.71. The first-order valence-corrected chi connectivity index (χ1v) is 8.47. The Bertz CT molecular complexity index is 359. The maximum atomic E-state index is 12.3. The van der Waals surface area contributed by atoms with E-state index in [2.05, 4.69) is 10.6 Å². The fourth-order valence-electron chi connectivity index (χ4n) is 3.29. The van der Waals surface area contributed by atoms with Crippen molar-refractivity contribution in [2.75, 3.05) is 26.2 Å². The van der Waals surface area contributed by atoms with Gasteiger partial charge in [-0.25, -0.2) is 0 Å². The van der Waals surface area contributed by atoms with E-state index in [-0.39, 0.29) is 30.3 Å². The van der Waals surface area contributed by atoms with E-state index >= 15 is 0 Å². The number of halogens is 1. The number of nitrogens with zero attached hydrogens (tertiary/aromatic N) is 1. The van der Waals surface area contributed by atoms with Crippen molar-refractivity contribution >= 4 is 24.2 Å². The first-order valence-electron chi connectivity index (χ1n) is 8.47. The zero-order chi connectivity index (χ0) is 15.1. The number of amides is 2. The predicted molar refractivity (Wildman–Crippen MR) is 90.1 cm³/mol. The summed E-state index contributed by atoms with van der Waals surface area (Å²) in [5, 5.41) is 6.40. The lowest BCUT2D eigenvalue weighted by Gasteiger charge is -2.33. The molecule has 128 valence electrons. The van der Waals surface area contributed by atoms with Crippen molar-refractivity contribution < 1.29 is 9.59 Å². The highest BCUT2D eigenvalue weighted by Crippen LogP contribution is 2.17. The van der Waals surface area contributed by atoms with Crippen LogP contribution >= 0.6 is 12.4 Å². The number of piperidine rings is 1. The topological polar surface area (TPSA) is 61.4 Å². The van der Waals surface area contributed by atoms with E-state index in [1.165, 1.54) is 6.42 Å². The molecule has 2 N–H and O–H groups in total. The summed E-state index contributed by atoms with van der Waals surface area (Å²) in [4.78, 5) is 25.9. The fourth-order valence-corrected chi connectivity index (χ4v) is 3.29. The lowest BCUT2D eigenvalue weighted by molar-refractivity contribution is -0.134. The maximum Gasteiger partial charge on any atom is 0.222 e. The quantitative estimate of drug-likeness (QED) is 0.779. The summed E-state index contributed by atoms with van der Waals surface area (Å²) in [7, 11) is 0. The molecule has 0 aliphatic carbocycles. The molecule has 0 aromatic rings. The second-order valence-corrected chi connectivity index (χ2v) is 6.39. The smallest absolute Gasteiger partial charge is 0.222 e. The Balaban J connectivity index is 0.00000242. The minimum Gasteiger partial charge on any atom is -0.352 e. The van der Waals surface area contributed by atoms with E-state index in [4.69, 9.17) is 0 Å². The molecule has 2 atom stereocenters. The summed E-state index contributed by atoms with van der Waals surface area (Å²) in [5.41, 5.74) is 0. The zero-order valence-electron chi connectivity index (χ0n) is 13.6. The van der Waals surface area contributed by atoms with Crippen molar-refractivity contribution in [3.63, 3.8) is 0 Å². The monoisotopic (exact) mass is 331 g/mol. The van der Waals surface area contributed by atoms with Gasteiger partial charge in [0.05, 0.1) is 0 Å². The third-order valence-electron chi connectivity index (χ3n) is 4.55. The Kier molecular flexibility index (Phi) is 8.79.